The van der Waals surface area contributed by atoms with Crippen LogP contribution >= 0.6 is 0 Å². The zero-order valence-electron chi connectivity index (χ0n) is 17.1. The highest BCUT2D eigenvalue weighted by Crippen LogP contribution is 2.37. The van der Waals surface area contributed by atoms with Crippen LogP contribution in [0.15, 0.2) is 29.3 Å². The van der Waals surface area contributed by atoms with E-state index in [2.05, 4.69) is 20.5 Å². The summed E-state index contributed by atoms with van der Waals surface area (Å²) in [7, 11) is 1.92. The summed E-state index contributed by atoms with van der Waals surface area (Å²) in [6, 6.07) is 5.06. The predicted molar refractivity (Wildman–Crippen MR) is 104 cm³/mol. The molecule has 2 N–H and O–H groups in total. The van der Waals surface area contributed by atoms with Crippen LogP contribution < -0.4 is 10.6 Å². The molecular formula is C20H28F6N4. The van der Waals surface area contributed by atoms with Crippen molar-refractivity contribution in [1.29, 1.82) is 0 Å². The van der Waals surface area contributed by atoms with E-state index in [1.807, 2.05) is 14.0 Å². The molecule has 1 aliphatic rings. The summed E-state index contributed by atoms with van der Waals surface area (Å²) >= 11 is 0. The van der Waals surface area contributed by atoms with Crippen molar-refractivity contribution >= 4 is 5.96 Å². The van der Waals surface area contributed by atoms with Gasteiger partial charge in [0.2, 0.25) is 0 Å². The van der Waals surface area contributed by atoms with Crippen molar-refractivity contribution in [3.63, 3.8) is 0 Å². The number of guanidine groups is 1. The van der Waals surface area contributed by atoms with Crippen molar-refractivity contribution in [2.75, 3.05) is 33.2 Å². The molecule has 1 aliphatic heterocycles. The van der Waals surface area contributed by atoms with E-state index in [0.717, 1.165) is 37.1 Å². The van der Waals surface area contributed by atoms with E-state index in [0.29, 0.717) is 19.0 Å². The van der Waals surface area contributed by atoms with E-state index < -0.39 is 24.3 Å². The monoisotopic (exact) mass is 438 g/mol. The zero-order chi connectivity index (χ0) is 22.4. The molecule has 1 saturated heterocycles. The molecule has 2 rings (SSSR count). The number of aliphatic imine (C=N–C) groups is 1. The van der Waals surface area contributed by atoms with Crippen LogP contribution in [0.2, 0.25) is 0 Å². The zero-order valence-corrected chi connectivity index (χ0v) is 17.1. The Bertz CT molecular complexity index is 684. The van der Waals surface area contributed by atoms with Gasteiger partial charge in [-0.1, -0.05) is 12.1 Å². The lowest BCUT2D eigenvalue weighted by molar-refractivity contribution is -0.137. The third-order valence-electron chi connectivity index (χ3n) is 5.12. The van der Waals surface area contributed by atoms with Crippen molar-refractivity contribution in [3.05, 3.63) is 35.4 Å². The third kappa shape index (κ3) is 7.37. The molecule has 0 amide bonds. The normalized spacial score (nSPS) is 21.5. The number of rotatable bonds is 6. The number of nitrogens with zero attached hydrogens (tertiary/aromatic N) is 2. The average molecular weight is 438 g/mol. The number of likely N-dealkylation sites (tertiary alicyclic amines) is 1. The molecule has 0 aromatic heterocycles. The molecule has 0 bridgehead atoms. The molecule has 0 saturated carbocycles. The molecular weight excluding hydrogens is 410 g/mol. The van der Waals surface area contributed by atoms with Crippen molar-refractivity contribution in [1.82, 2.24) is 15.5 Å². The van der Waals surface area contributed by atoms with Crippen LogP contribution in [0.4, 0.5) is 26.3 Å². The SMILES string of the molecule is CCNC(=NCC1CCCN(C)C1c1ccc(C(F)(F)F)cc1)NCCC(F)(F)F. The standard InChI is InChI=1S/C20H28F6N4/c1-3-27-18(28-11-10-19(21,22)23)29-13-15-5-4-12-30(2)17(15)14-6-8-16(9-7-14)20(24,25)26/h6-9,15,17H,3-5,10-13H2,1-2H3,(H2,27,28,29). The lowest BCUT2D eigenvalue weighted by Gasteiger charge is -2.39. The van der Waals surface area contributed by atoms with Crippen LogP contribution in [0.1, 0.15) is 43.4 Å². The van der Waals surface area contributed by atoms with Gasteiger partial charge < -0.3 is 10.6 Å². The first-order chi connectivity index (χ1) is 14.0. The van der Waals surface area contributed by atoms with E-state index in [1.165, 1.54) is 12.1 Å². The van der Waals surface area contributed by atoms with E-state index in [-0.39, 0.29) is 18.5 Å². The Morgan fingerprint density at radius 2 is 1.77 bits per heavy atom. The third-order valence-corrected chi connectivity index (χ3v) is 5.12. The quantitative estimate of drug-likeness (QED) is 0.388. The van der Waals surface area contributed by atoms with Crippen LogP contribution in [-0.4, -0.2) is 50.3 Å². The molecule has 2 atom stereocenters. The first kappa shape index (κ1) is 24.3. The lowest BCUT2D eigenvalue weighted by atomic mass is 9.84. The van der Waals surface area contributed by atoms with Gasteiger partial charge in [0.05, 0.1) is 12.0 Å². The predicted octanol–water partition coefficient (Wildman–Crippen LogP) is 4.60. The maximum absolute atomic E-state index is 12.9. The molecule has 10 heteroatoms. The van der Waals surface area contributed by atoms with Gasteiger partial charge in [0, 0.05) is 25.7 Å². The Balaban J connectivity index is 2.11. The van der Waals surface area contributed by atoms with Crippen molar-refractivity contribution in [3.8, 4) is 0 Å². The van der Waals surface area contributed by atoms with Crippen LogP contribution in [0.5, 0.6) is 0 Å². The average Bonchev–Trinajstić information content (AvgIpc) is 2.64. The van der Waals surface area contributed by atoms with Gasteiger partial charge in [0.25, 0.3) is 0 Å². The highest BCUT2D eigenvalue weighted by atomic mass is 19.4. The van der Waals surface area contributed by atoms with Gasteiger partial charge in [-0.2, -0.15) is 26.3 Å². The maximum Gasteiger partial charge on any atom is 0.416 e. The molecule has 0 aliphatic carbocycles. The maximum atomic E-state index is 12.9. The Hall–Kier alpha value is -1.97. The number of halogens is 6. The Kier molecular flexibility index (Phi) is 8.40. The summed E-state index contributed by atoms with van der Waals surface area (Å²) in [6.45, 7) is 3.22. The van der Waals surface area contributed by atoms with Gasteiger partial charge in [0.1, 0.15) is 0 Å². The van der Waals surface area contributed by atoms with Crippen molar-refractivity contribution in [2.45, 2.75) is 44.6 Å². The Morgan fingerprint density at radius 3 is 2.33 bits per heavy atom. The minimum absolute atomic E-state index is 0.0403. The number of alkyl halides is 6. The summed E-state index contributed by atoms with van der Waals surface area (Å²) in [6.07, 6.45) is -7.83. The molecule has 1 heterocycles. The molecule has 0 spiro atoms. The fraction of sp³-hybridized carbons (Fsp3) is 0.650. The number of piperidine rings is 1. The second-order valence-electron chi connectivity index (χ2n) is 7.46. The topological polar surface area (TPSA) is 39.7 Å². The van der Waals surface area contributed by atoms with Gasteiger partial charge in [-0.3, -0.25) is 9.89 Å². The van der Waals surface area contributed by atoms with E-state index in [1.54, 1.807) is 0 Å². The molecule has 2 unspecified atom stereocenters. The molecule has 4 nitrogen and oxygen atoms in total. The number of hydrogen-bond donors (Lipinski definition) is 2. The van der Waals surface area contributed by atoms with Gasteiger partial charge in [-0.05, 0) is 57.0 Å². The number of benzene rings is 1. The Labute approximate surface area is 172 Å². The van der Waals surface area contributed by atoms with Crippen LogP contribution in [0, 0.1) is 5.92 Å². The van der Waals surface area contributed by atoms with Crippen molar-refractivity contribution < 1.29 is 26.3 Å². The molecule has 30 heavy (non-hydrogen) atoms. The van der Waals surface area contributed by atoms with E-state index in [9.17, 15) is 26.3 Å². The Morgan fingerprint density at radius 1 is 1.10 bits per heavy atom. The first-order valence-corrected chi connectivity index (χ1v) is 9.97. The minimum Gasteiger partial charge on any atom is -0.357 e. The molecule has 170 valence electrons. The second kappa shape index (κ2) is 10.4. The van der Waals surface area contributed by atoms with E-state index >= 15 is 0 Å². The summed E-state index contributed by atoms with van der Waals surface area (Å²) in [4.78, 5) is 6.54. The van der Waals surface area contributed by atoms with Crippen LogP contribution in [0.3, 0.4) is 0 Å². The smallest absolute Gasteiger partial charge is 0.357 e. The number of hydrogen-bond acceptors (Lipinski definition) is 2. The van der Waals surface area contributed by atoms with Gasteiger partial charge in [-0.15, -0.1) is 0 Å². The van der Waals surface area contributed by atoms with Crippen LogP contribution in [0.25, 0.3) is 0 Å². The molecule has 1 aromatic rings. The second-order valence-corrected chi connectivity index (χ2v) is 7.46. The first-order valence-electron chi connectivity index (χ1n) is 9.97. The number of nitrogens with one attached hydrogen (secondary N) is 2. The molecule has 1 fully saturated rings. The fourth-order valence-corrected chi connectivity index (χ4v) is 3.72. The van der Waals surface area contributed by atoms with Crippen molar-refractivity contribution in [2.24, 2.45) is 10.9 Å². The molecule has 1 aromatic carbocycles. The van der Waals surface area contributed by atoms with Crippen LogP contribution in [-0.2, 0) is 6.18 Å². The molecule has 0 radical (unpaired) electrons. The van der Waals surface area contributed by atoms with Gasteiger partial charge in [-0.25, -0.2) is 0 Å². The summed E-state index contributed by atoms with van der Waals surface area (Å²) < 4.78 is 75.7. The summed E-state index contributed by atoms with van der Waals surface area (Å²) in [5.41, 5.74) is 0.0861. The lowest BCUT2D eigenvalue weighted by Crippen LogP contribution is -2.41. The largest absolute Gasteiger partial charge is 0.416 e. The van der Waals surface area contributed by atoms with Gasteiger partial charge >= 0.3 is 12.4 Å². The van der Waals surface area contributed by atoms with Gasteiger partial charge in [0.15, 0.2) is 5.96 Å². The summed E-state index contributed by atoms with van der Waals surface area (Å²) in [5, 5.41) is 5.62. The highest BCUT2D eigenvalue weighted by Gasteiger charge is 2.33. The minimum atomic E-state index is -4.39. The van der Waals surface area contributed by atoms with E-state index in [4.69, 9.17) is 0 Å². The fourth-order valence-electron chi connectivity index (χ4n) is 3.72. The highest BCUT2D eigenvalue weighted by molar-refractivity contribution is 5.79. The summed E-state index contributed by atoms with van der Waals surface area (Å²) in [5.74, 6) is 0.347.